The van der Waals surface area contributed by atoms with Crippen LogP contribution in [0.15, 0.2) is 175 Å². The molecular weight excluding hydrogens is 1270 g/mol. The number of nitrogens with zero attached hydrogens (tertiary/aromatic N) is 6. The van der Waals surface area contributed by atoms with Crippen molar-refractivity contribution in [1.82, 2.24) is 39.7 Å². The van der Waals surface area contributed by atoms with Crippen LogP contribution in [0.5, 0.6) is 0 Å². The van der Waals surface area contributed by atoms with Gasteiger partial charge in [0.15, 0.2) is 5.82 Å². The third-order valence-corrected chi connectivity index (χ3v) is 13.0. The summed E-state index contributed by atoms with van der Waals surface area (Å²) in [7, 11) is 3.74. The standard InChI is InChI=1S/C32H31FN6O3.C26H25BrFN5O3.C6H7N.O.Pd/c1-32(2,3)42-31(41)35-19-26(40)37-29-25(36-23-8-6-5-7-9-23)18-24-27(20-14-16-34-17-15-20)28(39(4)30(24)38-29)21-10-12-22(33)13-11-21;1-26(2,3)36-25(35)30-14-20(34)31-23-19(27)13-18-21(15-9-11-29-12-10-15)22(33(4)24(18)32-23)16-5-7-17(28)8-6-16;7-6-4-2-1-3-5-6;;/h5-18,36H,19H2,1-4H3,(H,35,41)(H,37,38,40);5-13H,14H2,1-4H3,(H,30,35)(H,31,32,34);1-5H,7H2;;. The number of halogens is 3. The summed E-state index contributed by atoms with van der Waals surface area (Å²) in [5, 5.41) is 15.5. The molecule has 10 aromatic rings. The van der Waals surface area contributed by atoms with E-state index in [2.05, 4.69) is 52.5 Å². The van der Waals surface area contributed by atoms with Gasteiger partial charge in [-0.2, -0.15) is 0 Å². The zero-order valence-electron chi connectivity index (χ0n) is 48.6. The van der Waals surface area contributed by atoms with Gasteiger partial charge in [0.1, 0.15) is 53.0 Å². The van der Waals surface area contributed by atoms with Gasteiger partial charge in [0.2, 0.25) is 11.8 Å². The van der Waals surface area contributed by atoms with E-state index in [0.717, 1.165) is 66.9 Å². The van der Waals surface area contributed by atoms with Crippen molar-refractivity contribution in [2.45, 2.75) is 52.7 Å². The van der Waals surface area contributed by atoms with E-state index in [1.165, 1.54) is 43.4 Å². The van der Waals surface area contributed by atoms with Gasteiger partial charge in [0, 0.05) is 72.2 Å². The normalized spacial score (nSPS) is 10.9. The summed E-state index contributed by atoms with van der Waals surface area (Å²) in [4.78, 5) is 67.3. The van der Waals surface area contributed by atoms with Crippen molar-refractivity contribution in [3.05, 3.63) is 186 Å². The second kappa shape index (κ2) is 29.5. The van der Waals surface area contributed by atoms with Crippen molar-refractivity contribution in [3.63, 3.8) is 0 Å². The third kappa shape index (κ3) is 17.8. The minimum absolute atomic E-state index is 0.273. The quantitative estimate of drug-likeness (QED) is 0.0492. The van der Waals surface area contributed by atoms with Crippen molar-refractivity contribution in [2.75, 3.05) is 34.8 Å². The number of amides is 4. The topological polar surface area (TPSA) is 251 Å². The molecule has 7 N–H and O–H groups in total. The molecule has 4 amide bonds. The number of carbonyl (C=O) groups excluding carboxylic acids is 4. The maximum atomic E-state index is 13.8. The minimum atomic E-state index is -0.697. The molecule has 23 heteroatoms. The summed E-state index contributed by atoms with van der Waals surface area (Å²) in [5.74, 6) is -1.03. The van der Waals surface area contributed by atoms with Crippen LogP contribution in [0.25, 0.3) is 66.8 Å². The van der Waals surface area contributed by atoms with Gasteiger partial charge in [-0.25, -0.2) is 28.3 Å². The number of anilines is 5. The third-order valence-electron chi connectivity index (χ3n) is 12.4. The predicted octanol–water partition coefficient (Wildman–Crippen LogP) is 13.5. The first-order valence-electron chi connectivity index (χ1n) is 26.9. The molecule has 0 unspecified atom stereocenters. The number of aryl methyl sites for hydroxylation is 2. The van der Waals surface area contributed by atoms with Gasteiger partial charge < -0.3 is 50.9 Å². The fourth-order valence-corrected chi connectivity index (χ4v) is 9.29. The molecule has 0 bridgehead atoms. The average molecular weight is 1340 g/mol. The number of aromatic nitrogens is 6. The van der Waals surface area contributed by atoms with Crippen LogP contribution >= 0.6 is 15.9 Å². The Bertz CT molecular complexity index is 4000. The van der Waals surface area contributed by atoms with E-state index in [-0.39, 0.29) is 30.5 Å². The zero-order valence-corrected chi connectivity index (χ0v) is 51.8. The summed E-state index contributed by atoms with van der Waals surface area (Å²) in [6, 6.07) is 42.9. The Balaban J connectivity index is 0.000000219. The Morgan fingerprint density at radius 2 is 0.943 bits per heavy atom. The van der Waals surface area contributed by atoms with Gasteiger partial charge in [0.05, 0.1) is 21.5 Å². The molecule has 0 aliphatic carbocycles. The van der Waals surface area contributed by atoms with E-state index in [4.69, 9.17) is 28.6 Å². The van der Waals surface area contributed by atoms with Crippen LogP contribution in [0.3, 0.4) is 0 Å². The number of benzene rings is 4. The number of hydrogen-bond acceptors (Lipinski definition) is 13. The number of rotatable bonds is 12. The molecule has 87 heavy (non-hydrogen) atoms. The SMILES string of the molecule is Cn1c(-c2ccc(F)cc2)c(-c2ccncc2)c2cc(Br)c(NC(=O)CNC(=O)OC(C)(C)C)nc21.Cn1c(-c2ccc(F)cc2)c(-c2ccncc2)c2cc(Nc3ccccc3)c(NC(=O)CNC(=O)OC(C)(C)C)nc21.Nc1ccccc1.[O]=[Pd]. The molecule has 6 aromatic heterocycles. The number of fused-ring (bicyclic) bond motifs is 2. The molecule has 0 spiro atoms. The first-order chi connectivity index (χ1) is 41.5. The molecule has 10 rings (SSSR count). The first kappa shape index (κ1) is 65.0. The van der Waals surface area contributed by atoms with Gasteiger partial charge in [-0.05, 0) is 189 Å². The van der Waals surface area contributed by atoms with Crippen molar-refractivity contribution in [2.24, 2.45) is 14.1 Å². The summed E-state index contributed by atoms with van der Waals surface area (Å²) < 4.78 is 50.4. The number of nitrogen functional groups attached to an aromatic ring is 1. The molecule has 0 radical (unpaired) electrons. The molecule has 19 nitrogen and oxygen atoms in total. The van der Waals surface area contributed by atoms with E-state index < -0.39 is 35.2 Å². The van der Waals surface area contributed by atoms with Gasteiger partial charge in [-0.1, -0.05) is 36.4 Å². The van der Waals surface area contributed by atoms with Gasteiger partial charge >= 0.3 is 34.8 Å². The van der Waals surface area contributed by atoms with Crippen molar-refractivity contribution in [1.29, 1.82) is 0 Å². The number of para-hydroxylation sites is 2. The first-order valence-corrected chi connectivity index (χ1v) is 28.3. The number of pyridine rings is 4. The van der Waals surface area contributed by atoms with E-state index in [9.17, 15) is 28.0 Å². The maximum absolute atomic E-state index is 13.8. The van der Waals surface area contributed by atoms with Crippen LogP contribution in [-0.2, 0) is 55.8 Å². The molecule has 0 atom stereocenters. The second-order valence-corrected chi connectivity index (χ2v) is 22.1. The Labute approximate surface area is 520 Å². The summed E-state index contributed by atoms with van der Waals surface area (Å²) >= 11 is 5.01. The van der Waals surface area contributed by atoms with E-state index in [0.29, 0.717) is 27.3 Å². The number of carbonyl (C=O) groups is 4. The Kier molecular flexibility index (Phi) is 22.0. The second-order valence-electron chi connectivity index (χ2n) is 21.2. The van der Waals surface area contributed by atoms with E-state index in [1.807, 2.05) is 120 Å². The Hall–Kier alpha value is -9.56. The van der Waals surface area contributed by atoms with Crippen molar-refractivity contribution >= 4 is 90.7 Å². The molecule has 452 valence electrons. The van der Waals surface area contributed by atoms with Gasteiger partial charge in [-0.3, -0.25) is 19.6 Å². The van der Waals surface area contributed by atoms with Crippen LogP contribution in [0.2, 0.25) is 0 Å². The average Bonchev–Trinajstić information content (AvgIpc) is 1.64. The van der Waals surface area contributed by atoms with Crippen molar-refractivity contribution < 1.29 is 60.1 Å². The summed E-state index contributed by atoms with van der Waals surface area (Å²) in [6.07, 6.45) is 5.46. The van der Waals surface area contributed by atoms with Crippen LogP contribution in [-0.4, -0.2) is 77.4 Å². The van der Waals surface area contributed by atoms with E-state index in [1.54, 1.807) is 90.6 Å². The molecule has 6 heterocycles. The fraction of sp³-hybridized carbons (Fsp3) is 0.188. The predicted molar refractivity (Wildman–Crippen MR) is 333 cm³/mol. The number of alkyl carbamates (subject to hydrolysis) is 2. The molecule has 0 fully saturated rings. The molecule has 0 aliphatic heterocycles. The number of hydrogen-bond donors (Lipinski definition) is 6. The Morgan fingerprint density at radius 1 is 0.552 bits per heavy atom. The van der Waals surface area contributed by atoms with Gasteiger partial charge in [-0.15, -0.1) is 0 Å². The van der Waals surface area contributed by atoms with Gasteiger partial charge in [0.25, 0.3) is 0 Å². The number of nitrogens with two attached hydrogens (primary N) is 1. The van der Waals surface area contributed by atoms with Crippen LogP contribution in [0, 0.1) is 11.6 Å². The van der Waals surface area contributed by atoms with Crippen molar-refractivity contribution in [3.8, 4) is 44.8 Å². The van der Waals surface area contributed by atoms with Crippen LogP contribution < -0.4 is 32.3 Å². The van der Waals surface area contributed by atoms with E-state index >= 15 is 0 Å². The molecular formula is C64H63BrF2N12O7Pd. The van der Waals surface area contributed by atoms with Crippen LogP contribution in [0.4, 0.5) is 47.1 Å². The summed E-state index contributed by atoms with van der Waals surface area (Å²) in [6.45, 7) is 9.86. The van der Waals surface area contributed by atoms with Crippen LogP contribution in [0.1, 0.15) is 41.5 Å². The number of ether oxygens (including phenoxy) is 2. The molecule has 0 saturated heterocycles. The number of nitrogens with one attached hydrogen (secondary N) is 5. The molecule has 0 aliphatic rings. The zero-order chi connectivity index (χ0) is 63.0. The molecule has 0 saturated carbocycles. The monoisotopic (exact) mass is 1330 g/mol. The fourth-order valence-electron chi connectivity index (χ4n) is 8.87. The molecule has 4 aromatic carbocycles. The Morgan fingerprint density at radius 3 is 1.34 bits per heavy atom. The summed E-state index contributed by atoms with van der Waals surface area (Å²) in [5.41, 5.74) is 14.2.